The molecule has 0 spiro atoms. The van der Waals surface area contributed by atoms with Crippen LogP contribution in [0.1, 0.15) is 291 Å². The summed E-state index contributed by atoms with van der Waals surface area (Å²) in [5, 5.41) is 0. The van der Waals surface area contributed by atoms with Crippen molar-refractivity contribution in [1.29, 1.82) is 0 Å². The molecule has 6 heteroatoms. The van der Waals surface area contributed by atoms with E-state index in [1.807, 2.05) is 0 Å². The largest absolute Gasteiger partial charge is 0.462 e. The maximum absolute atomic E-state index is 12.7. The highest BCUT2D eigenvalue weighted by Crippen LogP contribution is 2.18. The van der Waals surface area contributed by atoms with Gasteiger partial charge in [-0.3, -0.25) is 14.4 Å². The van der Waals surface area contributed by atoms with Gasteiger partial charge in [0.2, 0.25) is 0 Å². The Kier molecular flexibility index (Phi) is 44.7. The number of carbonyl (C=O) groups is 3. The zero-order valence-corrected chi connectivity index (χ0v) is 40.4. The molecule has 0 saturated carbocycles. The van der Waals surface area contributed by atoms with Crippen LogP contribution in [0.25, 0.3) is 0 Å². The summed E-state index contributed by atoms with van der Waals surface area (Å²) in [6, 6.07) is 0. The molecule has 0 aromatic carbocycles. The molecule has 0 N–H and O–H groups in total. The molecule has 0 bridgehead atoms. The van der Waals surface area contributed by atoms with Gasteiger partial charge in [-0.15, -0.1) is 0 Å². The minimum atomic E-state index is -0.762. The Morgan fingerprint density at radius 1 is 0.356 bits per heavy atom. The van der Waals surface area contributed by atoms with Crippen molar-refractivity contribution in [1.82, 2.24) is 0 Å². The first kappa shape index (κ1) is 57.4. The van der Waals surface area contributed by atoms with E-state index in [2.05, 4.69) is 34.6 Å². The highest BCUT2D eigenvalue weighted by atomic mass is 16.6. The van der Waals surface area contributed by atoms with Crippen LogP contribution in [0.3, 0.4) is 0 Å². The van der Waals surface area contributed by atoms with Gasteiger partial charge in [-0.1, -0.05) is 253 Å². The van der Waals surface area contributed by atoms with E-state index < -0.39 is 6.10 Å². The first-order chi connectivity index (χ1) is 28.8. The Morgan fingerprint density at radius 2 is 0.644 bits per heavy atom. The molecule has 59 heavy (non-hydrogen) atoms. The van der Waals surface area contributed by atoms with Gasteiger partial charge in [-0.25, -0.2) is 0 Å². The van der Waals surface area contributed by atoms with Crippen molar-refractivity contribution >= 4 is 17.9 Å². The lowest BCUT2D eigenvalue weighted by atomic mass is 9.99. The molecule has 0 rings (SSSR count). The van der Waals surface area contributed by atoms with Gasteiger partial charge in [0.25, 0.3) is 0 Å². The minimum Gasteiger partial charge on any atom is -0.462 e. The molecule has 0 heterocycles. The van der Waals surface area contributed by atoms with Crippen LogP contribution in [0.15, 0.2) is 0 Å². The van der Waals surface area contributed by atoms with Crippen LogP contribution in [0, 0.1) is 11.8 Å². The van der Waals surface area contributed by atoms with Gasteiger partial charge in [-0.2, -0.15) is 0 Å². The molecular weight excluding hydrogens is 733 g/mol. The zero-order chi connectivity index (χ0) is 43.3. The summed E-state index contributed by atoms with van der Waals surface area (Å²) in [5.41, 5.74) is 0. The Morgan fingerprint density at radius 3 is 0.966 bits per heavy atom. The predicted octanol–water partition coefficient (Wildman–Crippen LogP) is 16.9. The van der Waals surface area contributed by atoms with Crippen molar-refractivity contribution in [3.05, 3.63) is 0 Å². The summed E-state index contributed by atoms with van der Waals surface area (Å²) in [4.78, 5) is 37.9. The van der Waals surface area contributed by atoms with E-state index in [0.29, 0.717) is 19.3 Å². The number of rotatable bonds is 47. The molecule has 0 aliphatic carbocycles. The van der Waals surface area contributed by atoms with E-state index in [4.69, 9.17) is 14.2 Å². The number of esters is 3. The fourth-order valence-electron chi connectivity index (χ4n) is 7.96. The topological polar surface area (TPSA) is 78.9 Å². The third kappa shape index (κ3) is 45.8. The number of unbranched alkanes of at least 4 members (excludes halogenated alkanes) is 31. The average molecular weight is 835 g/mol. The number of hydrogen-bond acceptors (Lipinski definition) is 6. The van der Waals surface area contributed by atoms with Crippen LogP contribution in [-0.4, -0.2) is 37.2 Å². The molecule has 0 aromatic rings. The van der Waals surface area contributed by atoms with E-state index in [0.717, 1.165) is 69.6 Å². The van der Waals surface area contributed by atoms with E-state index in [1.165, 1.54) is 180 Å². The molecular formula is C53H102O6. The maximum atomic E-state index is 12.7. The van der Waals surface area contributed by atoms with Crippen molar-refractivity contribution in [2.45, 2.75) is 298 Å². The number of ether oxygens (including phenoxy) is 3. The van der Waals surface area contributed by atoms with Gasteiger partial charge in [-0.05, 0) is 31.1 Å². The number of carbonyl (C=O) groups excluding carboxylic acids is 3. The van der Waals surface area contributed by atoms with Gasteiger partial charge >= 0.3 is 17.9 Å². The first-order valence-corrected chi connectivity index (χ1v) is 26.3. The van der Waals surface area contributed by atoms with E-state index in [9.17, 15) is 14.4 Å². The lowest BCUT2D eigenvalue weighted by molar-refractivity contribution is -0.167. The fourth-order valence-corrected chi connectivity index (χ4v) is 7.96. The predicted molar refractivity (Wildman–Crippen MR) is 252 cm³/mol. The molecule has 0 fully saturated rings. The third-order valence-electron chi connectivity index (χ3n) is 12.3. The molecule has 0 aromatic heterocycles. The standard InChI is InChI=1S/C53H102O6/c1-6-8-9-10-11-12-13-14-18-21-24-27-33-38-43-51(54)57-46-50(59-53(56)45-40-35-30-29-31-36-41-48(3)4)47-58-52(55)44-39-34-28-25-22-19-16-15-17-20-23-26-32-37-42-49(5)7-2/h48-50H,6-47H2,1-5H3/t49?,50-/m1/s1. The Labute approximate surface area is 368 Å². The molecule has 0 radical (unpaired) electrons. The van der Waals surface area contributed by atoms with Crippen LogP contribution in [0.2, 0.25) is 0 Å². The summed E-state index contributed by atoms with van der Waals surface area (Å²) in [6.07, 6.45) is 46.7. The normalized spacial score (nSPS) is 12.5. The second-order valence-corrected chi connectivity index (χ2v) is 18.9. The molecule has 350 valence electrons. The van der Waals surface area contributed by atoms with Crippen molar-refractivity contribution in [2.24, 2.45) is 11.8 Å². The van der Waals surface area contributed by atoms with Crippen LogP contribution in [0.4, 0.5) is 0 Å². The first-order valence-electron chi connectivity index (χ1n) is 26.3. The molecule has 1 unspecified atom stereocenters. The SMILES string of the molecule is CCCCCCCCCCCCCCCCC(=O)OC[C@H](COC(=O)CCCCCCCCCCCCCCCCC(C)CC)OC(=O)CCCCCCCCC(C)C. The lowest BCUT2D eigenvalue weighted by Gasteiger charge is -2.18. The van der Waals surface area contributed by atoms with Gasteiger partial charge in [0, 0.05) is 19.3 Å². The lowest BCUT2D eigenvalue weighted by Crippen LogP contribution is -2.30. The molecule has 6 nitrogen and oxygen atoms in total. The van der Waals surface area contributed by atoms with Crippen LogP contribution >= 0.6 is 0 Å². The second-order valence-electron chi connectivity index (χ2n) is 18.9. The summed E-state index contributed by atoms with van der Waals surface area (Å²) >= 11 is 0. The van der Waals surface area contributed by atoms with E-state index >= 15 is 0 Å². The van der Waals surface area contributed by atoms with Crippen molar-refractivity contribution in [3.63, 3.8) is 0 Å². The second kappa shape index (κ2) is 45.9. The Hall–Kier alpha value is -1.59. The molecule has 2 atom stereocenters. The molecule has 0 aliphatic rings. The zero-order valence-electron chi connectivity index (χ0n) is 40.4. The summed E-state index contributed by atoms with van der Waals surface area (Å²) in [5.74, 6) is 0.802. The van der Waals surface area contributed by atoms with E-state index in [1.54, 1.807) is 0 Å². The maximum Gasteiger partial charge on any atom is 0.306 e. The molecule has 0 amide bonds. The minimum absolute atomic E-state index is 0.0647. The van der Waals surface area contributed by atoms with Gasteiger partial charge in [0.15, 0.2) is 6.10 Å². The highest BCUT2D eigenvalue weighted by Gasteiger charge is 2.19. The van der Waals surface area contributed by atoms with Crippen molar-refractivity contribution in [3.8, 4) is 0 Å². The Balaban J connectivity index is 4.23. The van der Waals surface area contributed by atoms with Crippen LogP contribution in [0.5, 0.6) is 0 Å². The molecule has 0 aliphatic heterocycles. The van der Waals surface area contributed by atoms with Crippen molar-refractivity contribution < 1.29 is 28.6 Å². The van der Waals surface area contributed by atoms with Crippen LogP contribution in [-0.2, 0) is 28.6 Å². The van der Waals surface area contributed by atoms with Gasteiger partial charge < -0.3 is 14.2 Å². The summed E-state index contributed by atoms with van der Waals surface area (Å²) in [7, 11) is 0. The highest BCUT2D eigenvalue weighted by molar-refractivity contribution is 5.71. The molecule has 0 saturated heterocycles. The smallest absolute Gasteiger partial charge is 0.306 e. The van der Waals surface area contributed by atoms with Crippen LogP contribution < -0.4 is 0 Å². The fraction of sp³-hybridized carbons (Fsp3) is 0.943. The van der Waals surface area contributed by atoms with E-state index in [-0.39, 0.29) is 31.1 Å². The number of hydrogen-bond donors (Lipinski definition) is 0. The summed E-state index contributed by atoms with van der Waals surface area (Å²) < 4.78 is 16.8. The average Bonchev–Trinajstić information content (AvgIpc) is 3.22. The summed E-state index contributed by atoms with van der Waals surface area (Å²) in [6.45, 7) is 11.3. The van der Waals surface area contributed by atoms with Crippen molar-refractivity contribution in [2.75, 3.05) is 13.2 Å². The third-order valence-corrected chi connectivity index (χ3v) is 12.3. The monoisotopic (exact) mass is 835 g/mol. The Bertz CT molecular complexity index is 902. The van der Waals surface area contributed by atoms with Gasteiger partial charge in [0.05, 0.1) is 0 Å². The quantitative estimate of drug-likeness (QED) is 0.0345. The van der Waals surface area contributed by atoms with Gasteiger partial charge in [0.1, 0.15) is 13.2 Å².